The van der Waals surface area contributed by atoms with E-state index in [9.17, 15) is 13.2 Å². The molecule has 0 atom stereocenters. The second-order valence-electron chi connectivity index (χ2n) is 3.89. The van der Waals surface area contributed by atoms with E-state index in [4.69, 9.17) is 5.14 Å². The van der Waals surface area contributed by atoms with E-state index in [1.54, 1.807) is 11.4 Å². The third-order valence-electron chi connectivity index (χ3n) is 2.33. The Morgan fingerprint density at radius 1 is 1.42 bits per heavy atom. The van der Waals surface area contributed by atoms with Crippen LogP contribution in [0.3, 0.4) is 0 Å². The van der Waals surface area contributed by atoms with Crippen molar-refractivity contribution < 1.29 is 13.2 Å². The normalized spacial score (nSPS) is 11.5. The first kappa shape index (κ1) is 14.2. The summed E-state index contributed by atoms with van der Waals surface area (Å²) in [6, 6.07) is 4.89. The molecule has 102 valence electrons. The van der Waals surface area contributed by atoms with Gasteiger partial charge in [0, 0.05) is 15.1 Å². The molecule has 0 aliphatic heterocycles. The molecular weight excluding hydrogens is 304 g/mol. The predicted octanol–water partition coefficient (Wildman–Crippen LogP) is 1.70. The molecule has 3 N–H and O–H groups in total. The molecule has 1 amide bonds. The Bertz CT molecular complexity index is 700. The fourth-order valence-corrected chi connectivity index (χ4v) is 3.84. The fraction of sp³-hybridized carbons (Fsp3) is 0.182. The van der Waals surface area contributed by atoms with E-state index in [1.807, 2.05) is 13.0 Å². The van der Waals surface area contributed by atoms with Crippen LogP contribution in [0.25, 0.3) is 0 Å². The highest BCUT2D eigenvalue weighted by Crippen LogP contribution is 2.20. The lowest BCUT2D eigenvalue weighted by atomic mass is 10.3. The van der Waals surface area contributed by atoms with Crippen LogP contribution in [0.5, 0.6) is 0 Å². The van der Waals surface area contributed by atoms with Crippen LogP contribution in [0.15, 0.2) is 27.8 Å². The Morgan fingerprint density at radius 2 is 2.16 bits per heavy atom. The predicted molar refractivity (Wildman–Crippen MR) is 75.9 cm³/mol. The van der Waals surface area contributed by atoms with Crippen LogP contribution in [0, 0.1) is 6.92 Å². The highest BCUT2D eigenvalue weighted by Gasteiger charge is 2.12. The molecule has 0 radical (unpaired) electrons. The number of primary sulfonamides is 1. The number of amides is 1. The minimum absolute atomic E-state index is 0.100. The summed E-state index contributed by atoms with van der Waals surface area (Å²) in [6.07, 6.45) is 0. The molecule has 2 heterocycles. The van der Waals surface area contributed by atoms with Crippen molar-refractivity contribution in [2.75, 3.05) is 0 Å². The average molecular weight is 316 g/mol. The van der Waals surface area contributed by atoms with Gasteiger partial charge in [-0.2, -0.15) is 0 Å². The number of sulfonamides is 1. The second kappa shape index (κ2) is 5.41. The van der Waals surface area contributed by atoms with Crippen molar-refractivity contribution >= 4 is 38.6 Å². The highest BCUT2D eigenvalue weighted by molar-refractivity contribution is 7.91. The SMILES string of the molecule is Cc1cc(C(=O)NCc2ccc(S(N)(=O)=O)s2)cs1. The van der Waals surface area contributed by atoms with E-state index in [1.165, 1.54) is 17.4 Å². The number of carbonyl (C=O) groups excluding carboxylic acids is 1. The van der Waals surface area contributed by atoms with Crippen LogP contribution >= 0.6 is 22.7 Å². The number of hydrogen-bond donors (Lipinski definition) is 2. The molecule has 5 nitrogen and oxygen atoms in total. The van der Waals surface area contributed by atoms with E-state index >= 15 is 0 Å². The lowest BCUT2D eigenvalue weighted by Crippen LogP contribution is -2.21. The largest absolute Gasteiger partial charge is 0.347 e. The zero-order valence-corrected chi connectivity index (χ0v) is 12.5. The maximum Gasteiger partial charge on any atom is 0.252 e. The molecule has 2 aromatic rings. The van der Waals surface area contributed by atoms with Gasteiger partial charge >= 0.3 is 0 Å². The molecule has 2 rings (SSSR count). The third kappa shape index (κ3) is 3.63. The molecule has 0 aromatic carbocycles. The minimum atomic E-state index is -3.66. The molecule has 0 saturated heterocycles. The van der Waals surface area contributed by atoms with E-state index in [0.717, 1.165) is 21.1 Å². The number of carbonyl (C=O) groups is 1. The van der Waals surface area contributed by atoms with Gasteiger partial charge < -0.3 is 5.32 Å². The fourth-order valence-electron chi connectivity index (χ4n) is 1.44. The highest BCUT2D eigenvalue weighted by atomic mass is 32.2. The van der Waals surface area contributed by atoms with E-state index in [0.29, 0.717) is 5.56 Å². The van der Waals surface area contributed by atoms with Crippen molar-refractivity contribution in [3.05, 3.63) is 38.9 Å². The number of aryl methyl sites for hydroxylation is 1. The van der Waals surface area contributed by atoms with Gasteiger partial charge in [-0.05, 0) is 25.1 Å². The topological polar surface area (TPSA) is 89.3 Å². The standard InChI is InChI=1S/C11H12N2O3S3/c1-7-4-8(6-17-7)11(14)13-5-9-2-3-10(18-9)19(12,15)16/h2-4,6H,5H2,1H3,(H,13,14)(H2,12,15,16). The zero-order chi connectivity index (χ0) is 14.0. The maximum absolute atomic E-state index is 11.8. The summed E-state index contributed by atoms with van der Waals surface area (Å²) < 4.78 is 22.3. The van der Waals surface area contributed by atoms with Crippen molar-refractivity contribution in [3.8, 4) is 0 Å². The van der Waals surface area contributed by atoms with Gasteiger partial charge in [-0.1, -0.05) is 0 Å². The molecule has 8 heteroatoms. The summed E-state index contributed by atoms with van der Waals surface area (Å²) in [5.74, 6) is -0.171. The molecule has 2 aromatic heterocycles. The summed E-state index contributed by atoms with van der Waals surface area (Å²) >= 11 is 2.56. The van der Waals surface area contributed by atoms with E-state index in [-0.39, 0.29) is 16.7 Å². The Labute approximate surface area is 119 Å². The Kier molecular flexibility index (Phi) is 4.04. The van der Waals surface area contributed by atoms with Crippen LogP contribution < -0.4 is 10.5 Å². The third-order valence-corrected chi connectivity index (χ3v) is 5.72. The van der Waals surface area contributed by atoms with E-state index < -0.39 is 10.0 Å². The molecule has 19 heavy (non-hydrogen) atoms. The molecule has 0 saturated carbocycles. The smallest absolute Gasteiger partial charge is 0.252 e. The van der Waals surface area contributed by atoms with E-state index in [2.05, 4.69) is 5.32 Å². The number of rotatable bonds is 4. The summed E-state index contributed by atoms with van der Waals surface area (Å²) in [7, 11) is -3.66. The minimum Gasteiger partial charge on any atom is -0.347 e. The molecule has 0 bridgehead atoms. The van der Waals surface area contributed by atoms with Crippen LogP contribution in [0.2, 0.25) is 0 Å². The first-order valence-corrected chi connectivity index (χ1v) is 8.55. The number of nitrogens with one attached hydrogen (secondary N) is 1. The van der Waals surface area contributed by atoms with Gasteiger partial charge in [0.1, 0.15) is 4.21 Å². The Balaban J connectivity index is 1.99. The number of hydrogen-bond acceptors (Lipinski definition) is 5. The van der Waals surface area contributed by atoms with Gasteiger partial charge in [-0.25, -0.2) is 13.6 Å². The first-order valence-electron chi connectivity index (χ1n) is 5.31. The van der Waals surface area contributed by atoms with Crippen molar-refractivity contribution in [3.63, 3.8) is 0 Å². The van der Waals surface area contributed by atoms with Crippen LogP contribution in [0.4, 0.5) is 0 Å². The zero-order valence-electron chi connectivity index (χ0n) is 10.0. The molecule has 0 fully saturated rings. The lowest BCUT2D eigenvalue weighted by Gasteiger charge is -2.00. The Hall–Kier alpha value is -1.22. The summed E-state index contributed by atoms with van der Waals surface area (Å²) in [6.45, 7) is 2.22. The average Bonchev–Trinajstić information content (AvgIpc) is 2.93. The van der Waals surface area contributed by atoms with Gasteiger partial charge in [0.25, 0.3) is 5.91 Å². The van der Waals surface area contributed by atoms with Crippen LogP contribution in [-0.4, -0.2) is 14.3 Å². The van der Waals surface area contributed by atoms with Crippen molar-refractivity contribution in [1.29, 1.82) is 0 Å². The first-order chi connectivity index (χ1) is 8.86. The van der Waals surface area contributed by atoms with Gasteiger partial charge in [0.15, 0.2) is 0 Å². The number of thiophene rings is 2. The van der Waals surface area contributed by atoms with Crippen LogP contribution in [-0.2, 0) is 16.6 Å². The van der Waals surface area contributed by atoms with Gasteiger partial charge in [0.05, 0.1) is 12.1 Å². The van der Waals surface area contributed by atoms with Crippen LogP contribution in [0.1, 0.15) is 20.1 Å². The summed E-state index contributed by atoms with van der Waals surface area (Å²) in [5.41, 5.74) is 0.616. The number of nitrogens with two attached hydrogens (primary N) is 1. The molecule has 0 spiro atoms. The quantitative estimate of drug-likeness (QED) is 0.899. The van der Waals surface area contributed by atoms with Crippen molar-refractivity contribution in [2.45, 2.75) is 17.7 Å². The molecule has 0 unspecified atom stereocenters. The summed E-state index contributed by atoms with van der Waals surface area (Å²) in [4.78, 5) is 13.6. The molecule has 0 aliphatic carbocycles. The maximum atomic E-state index is 11.8. The second-order valence-corrected chi connectivity index (χ2v) is 7.97. The van der Waals surface area contributed by atoms with Gasteiger partial charge in [-0.3, -0.25) is 4.79 Å². The monoisotopic (exact) mass is 316 g/mol. The van der Waals surface area contributed by atoms with Gasteiger partial charge in [0.2, 0.25) is 10.0 Å². The Morgan fingerprint density at radius 3 is 2.68 bits per heavy atom. The van der Waals surface area contributed by atoms with Gasteiger partial charge in [-0.15, -0.1) is 22.7 Å². The molecule has 0 aliphatic rings. The molecular formula is C11H12N2O3S3. The lowest BCUT2D eigenvalue weighted by molar-refractivity contribution is 0.0951. The summed E-state index contributed by atoms with van der Waals surface area (Å²) in [5, 5.41) is 9.54. The van der Waals surface area contributed by atoms with Crippen molar-refractivity contribution in [1.82, 2.24) is 5.32 Å². The van der Waals surface area contributed by atoms with Crippen molar-refractivity contribution in [2.24, 2.45) is 5.14 Å².